The first kappa shape index (κ1) is 22.1. The van der Waals surface area contributed by atoms with E-state index in [0.29, 0.717) is 25.4 Å². The second-order valence-corrected chi connectivity index (χ2v) is 7.85. The molecule has 3 heterocycles. The lowest BCUT2D eigenvalue weighted by atomic mass is 10.1. The van der Waals surface area contributed by atoms with Gasteiger partial charge in [-0.2, -0.15) is 4.98 Å². The van der Waals surface area contributed by atoms with E-state index in [1.54, 1.807) is 0 Å². The minimum Gasteiger partial charge on any atom is -0.383 e. The number of aromatic nitrogens is 4. The average molecular weight is 469 g/mol. The second kappa shape index (κ2) is 9.27. The molecular formula is C23H22F3N7O. The Labute approximate surface area is 193 Å². The van der Waals surface area contributed by atoms with E-state index in [2.05, 4.69) is 25.3 Å². The van der Waals surface area contributed by atoms with Crippen molar-refractivity contribution in [2.75, 3.05) is 50.4 Å². The van der Waals surface area contributed by atoms with Crippen LogP contribution in [-0.4, -0.2) is 64.0 Å². The Hall–Kier alpha value is -3.70. The minimum atomic E-state index is -1.05. The van der Waals surface area contributed by atoms with Gasteiger partial charge in [0, 0.05) is 31.7 Å². The van der Waals surface area contributed by atoms with Gasteiger partial charge in [-0.3, -0.25) is 4.90 Å². The fraction of sp³-hybridized carbons (Fsp3) is 0.261. The van der Waals surface area contributed by atoms with Crippen LogP contribution in [0.5, 0.6) is 0 Å². The lowest BCUT2D eigenvalue weighted by molar-refractivity contribution is 0.0398. The van der Waals surface area contributed by atoms with E-state index in [0.717, 1.165) is 25.7 Å². The number of halogens is 3. The summed E-state index contributed by atoms with van der Waals surface area (Å²) in [6.45, 7) is 4.31. The molecule has 0 amide bonds. The summed E-state index contributed by atoms with van der Waals surface area (Å²) in [6, 6.07) is 9.42. The van der Waals surface area contributed by atoms with Crippen LogP contribution in [0.25, 0.3) is 28.0 Å². The zero-order valence-electron chi connectivity index (χ0n) is 18.1. The largest absolute Gasteiger partial charge is 0.383 e. The Bertz CT molecular complexity index is 1320. The maximum atomic E-state index is 14.8. The van der Waals surface area contributed by atoms with Crippen molar-refractivity contribution in [1.29, 1.82) is 0 Å². The third-order valence-corrected chi connectivity index (χ3v) is 5.66. The first-order valence-corrected chi connectivity index (χ1v) is 10.8. The molecule has 0 bridgehead atoms. The number of rotatable bonds is 6. The fourth-order valence-corrected chi connectivity index (χ4v) is 3.90. The highest BCUT2D eigenvalue weighted by Crippen LogP contribution is 2.34. The van der Waals surface area contributed by atoms with E-state index < -0.39 is 17.5 Å². The SMILES string of the molecule is Nc1c2c(-c3cccc(F)c3F)nc(NCCN3CCOCC3)nc2nn1-c1ccc(F)cc1. The average Bonchev–Trinajstić information content (AvgIpc) is 3.18. The predicted octanol–water partition coefficient (Wildman–Crippen LogP) is 3.23. The molecule has 3 N–H and O–H groups in total. The van der Waals surface area contributed by atoms with E-state index >= 15 is 0 Å². The summed E-state index contributed by atoms with van der Waals surface area (Å²) in [4.78, 5) is 11.2. The number of anilines is 2. The monoisotopic (exact) mass is 469 g/mol. The normalized spacial score (nSPS) is 14.6. The van der Waals surface area contributed by atoms with Gasteiger partial charge in [-0.1, -0.05) is 6.07 Å². The van der Waals surface area contributed by atoms with Crippen molar-refractivity contribution in [3.8, 4) is 16.9 Å². The number of nitrogens with two attached hydrogens (primary N) is 1. The number of nitrogens with zero attached hydrogens (tertiary/aromatic N) is 5. The number of hydrogen-bond donors (Lipinski definition) is 2. The van der Waals surface area contributed by atoms with Crippen molar-refractivity contribution in [2.45, 2.75) is 0 Å². The summed E-state index contributed by atoms with van der Waals surface area (Å²) in [5.74, 6) is -2.12. The van der Waals surface area contributed by atoms with Gasteiger partial charge in [0.05, 0.1) is 30.0 Å². The number of hydrogen-bond acceptors (Lipinski definition) is 7. The van der Waals surface area contributed by atoms with Gasteiger partial charge in [0.15, 0.2) is 17.3 Å². The second-order valence-electron chi connectivity index (χ2n) is 7.85. The van der Waals surface area contributed by atoms with Gasteiger partial charge >= 0.3 is 0 Å². The molecule has 1 aliphatic rings. The van der Waals surface area contributed by atoms with Crippen LogP contribution in [0.1, 0.15) is 0 Å². The van der Waals surface area contributed by atoms with Gasteiger partial charge in [0.25, 0.3) is 0 Å². The molecule has 0 aliphatic carbocycles. The van der Waals surface area contributed by atoms with Crippen molar-refractivity contribution in [3.05, 3.63) is 59.9 Å². The molecule has 2 aromatic heterocycles. The molecule has 0 unspecified atom stereocenters. The molecule has 11 heteroatoms. The standard InChI is InChI=1S/C23H22F3N7O/c24-14-4-6-15(7-5-14)33-21(27)18-20(16-2-1-3-17(25)19(16)26)29-23(30-22(18)31-33)28-8-9-32-10-12-34-13-11-32/h1-7H,8-13,27H2,(H,28,30,31). The highest BCUT2D eigenvalue weighted by molar-refractivity contribution is 5.99. The first-order valence-electron chi connectivity index (χ1n) is 10.8. The van der Waals surface area contributed by atoms with E-state index in [4.69, 9.17) is 10.5 Å². The molecule has 0 radical (unpaired) electrons. The van der Waals surface area contributed by atoms with E-state index in [9.17, 15) is 13.2 Å². The molecule has 34 heavy (non-hydrogen) atoms. The van der Waals surface area contributed by atoms with Crippen LogP contribution in [-0.2, 0) is 4.74 Å². The van der Waals surface area contributed by atoms with E-state index in [1.165, 1.54) is 41.1 Å². The van der Waals surface area contributed by atoms with Crippen LogP contribution in [0.4, 0.5) is 24.9 Å². The summed E-state index contributed by atoms with van der Waals surface area (Å²) >= 11 is 0. The predicted molar refractivity (Wildman–Crippen MR) is 122 cm³/mol. The Morgan fingerprint density at radius 1 is 1.00 bits per heavy atom. The van der Waals surface area contributed by atoms with Crippen molar-refractivity contribution in [2.24, 2.45) is 0 Å². The molecule has 1 fully saturated rings. The Morgan fingerprint density at radius 3 is 2.53 bits per heavy atom. The Balaban J connectivity index is 1.57. The molecule has 1 aliphatic heterocycles. The molecule has 0 spiro atoms. The van der Waals surface area contributed by atoms with Crippen LogP contribution < -0.4 is 11.1 Å². The highest BCUT2D eigenvalue weighted by Gasteiger charge is 2.22. The molecule has 5 rings (SSSR count). The van der Waals surface area contributed by atoms with Gasteiger partial charge in [0.2, 0.25) is 5.95 Å². The zero-order valence-corrected chi connectivity index (χ0v) is 18.1. The third-order valence-electron chi connectivity index (χ3n) is 5.66. The van der Waals surface area contributed by atoms with Gasteiger partial charge in [-0.15, -0.1) is 5.10 Å². The van der Waals surface area contributed by atoms with Crippen LogP contribution in [0.15, 0.2) is 42.5 Å². The number of ether oxygens (including phenoxy) is 1. The van der Waals surface area contributed by atoms with Gasteiger partial charge in [0.1, 0.15) is 11.6 Å². The van der Waals surface area contributed by atoms with E-state index in [1.807, 2.05) is 0 Å². The number of nitrogen functional groups attached to an aromatic ring is 1. The summed E-state index contributed by atoms with van der Waals surface area (Å²) in [6.07, 6.45) is 0. The summed E-state index contributed by atoms with van der Waals surface area (Å²) in [7, 11) is 0. The molecule has 0 atom stereocenters. The number of morpholine rings is 1. The van der Waals surface area contributed by atoms with Crippen molar-refractivity contribution >= 4 is 22.8 Å². The molecule has 4 aromatic rings. The molecule has 176 valence electrons. The van der Waals surface area contributed by atoms with Gasteiger partial charge in [-0.25, -0.2) is 22.8 Å². The van der Waals surface area contributed by atoms with Crippen molar-refractivity contribution < 1.29 is 17.9 Å². The number of nitrogens with one attached hydrogen (secondary N) is 1. The summed E-state index contributed by atoms with van der Waals surface area (Å²) in [5.41, 5.74) is 7.09. The number of fused-ring (bicyclic) bond motifs is 1. The molecule has 1 saturated heterocycles. The maximum Gasteiger partial charge on any atom is 0.225 e. The van der Waals surface area contributed by atoms with Gasteiger partial charge in [-0.05, 0) is 36.4 Å². The molecule has 8 nitrogen and oxygen atoms in total. The first-order chi connectivity index (χ1) is 16.5. The third kappa shape index (κ3) is 4.27. The lowest BCUT2D eigenvalue weighted by Gasteiger charge is -2.26. The quantitative estimate of drug-likeness (QED) is 0.448. The Kier molecular flexibility index (Phi) is 6.03. The topological polar surface area (TPSA) is 94.1 Å². The minimum absolute atomic E-state index is 0.0611. The molecular weight excluding hydrogens is 447 g/mol. The maximum absolute atomic E-state index is 14.8. The van der Waals surface area contributed by atoms with Crippen LogP contribution in [0.3, 0.4) is 0 Å². The van der Waals surface area contributed by atoms with Crippen LogP contribution in [0.2, 0.25) is 0 Å². The zero-order chi connectivity index (χ0) is 23.7. The Morgan fingerprint density at radius 2 is 1.76 bits per heavy atom. The summed E-state index contributed by atoms with van der Waals surface area (Å²) in [5, 5.41) is 7.86. The van der Waals surface area contributed by atoms with Crippen molar-refractivity contribution in [1.82, 2.24) is 24.6 Å². The van der Waals surface area contributed by atoms with Gasteiger partial charge < -0.3 is 15.8 Å². The highest BCUT2D eigenvalue weighted by atomic mass is 19.2. The fourth-order valence-electron chi connectivity index (χ4n) is 3.90. The van der Waals surface area contributed by atoms with Crippen molar-refractivity contribution in [3.63, 3.8) is 0 Å². The van der Waals surface area contributed by atoms with Crippen LogP contribution >= 0.6 is 0 Å². The number of benzene rings is 2. The molecule has 2 aromatic carbocycles. The van der Waals surface area contributed by atoms with E-state index in [-0.39, 0.29) is 34.1 Å². The van der Waals surface area contributed by atoms with Crippen LogP contribution in [0, 0.1) is 17.5 Å². The summed E-state index contributed by atoms with van der Waals surface area (Å²) < 4.78 is 48.9. The lowest BCUT2D eigenvalue weighted by Crippen LogP contribution is -2.39. The smallest absolute Gasteiger partial charge is 0.225 e. The molecule has 0 saturated carbocycles.